The number of benzene rings is 1. The van der Waals surface area contributed by atoms with Crippen LogP contribution in [-0.4, -0.2) is 18.7 Å². The molecule has 0 spiro atoms. The smallest absolute Gasteiger partial charge is 0.0975 e. The Morgan fingerprint density at radius 1 is 1.11 bits per heavy atom. The Bertz CT molecular complexity index is 378. The van der Waals surface area contributed by atoms with Crippen LogP contribution in [0.4, 0.5) is 0 Å². The van der Waals surface area contributed by atoms with Gasteiger partial charge in [-0.3, -0.25) is 0 Å². The lowest BCUT2D eigenvalue weighted by Crippen LogP contribution is -2.43. The summed E-state index contributed by atoms with van der Waals surface area (Å²) in [6.07, 6.45) is 5.59. The fraction of sp³-hybridized carbons (Fsp3) is 0.625. The molecule has 1 saturated heterocycles. The predicted octanol–water partition coefficient (Wildman–Crippen LogP) is 3.29. The molecule has 4 unspecified atom stereocenters. The number of ether oxygens (including phenoxy) is 1. The van der Waals surface area contributed by atoms with Crippen LogP contribution in [0.3, 0.4) is 0 Å². The first-order valence-electron chi connectivity index (χ1n) is 7.27. The summed E-state index contributed by atoms with van der Waals surface area (Å²) in [5.41, 5.74) is 1.30. The van der Waals surface area contributed by atoms with Gasteiger partial charge in [0.25, 0.3) is 0 Å². The Labute approximate surface area is 110 Å². The number of rotatable bonds is 1. The molecule has 0 amide bonds. The van der Waals surface area contributed by atoms with Gasteiger partial charge in [-0.15, -0.1) is 0 Å². The molecular weight excluding hydrogens is 222 g/mol. The molecule has 2 aliphatic rings. The van der Waals surface area contributed by atoms with Crippen LogP contribution in [0.2, 0.25) is 0 Å². The van der Waals surface area contributed by atoms with E-state index in [1.54, 1.807) is 0 Å². The van der Waals surface area contributed by atoms with Gasteiger partial charge >= 0.3 is 0 Å². The van der Waals surface area contributed by atoms with Crippen LogP contribution in [0.5, 0.6) is 0 Å². The molecule has 1 aromatic rings. The van der Waals surface area contributed by atoms with E-state index in [4.69, 9.17) is 4.74 Å². The van der Waals surface area contributed by atoms with E-state index in [-0.39, 0.29) is 6.10 Å². The second kappa shape index (κ2) is 5.41. The largest absolute Gasteiger partial charge is 0.372 e. The maximum atomic E-state index is 6.21. The number of hydrogen-bond donors (Lipinski definition) is 1. The molecule has 1 saturated carbocycles. The molecule has 2 nitrogen and oxygen atoms in total. The molecular formula is C16H23NO. The quantitative estimate of drug-likeness (QED) is 0.819. The van der Waals surface area contributed by atoms with Gasteiger partial charge in [-0.1, -0.05) is 43.2 Å². The predicted molar refractivity (Wildman–Crippen MR) is 73.5 cm³/mol. The molecule has 1 aliphatic carbocycles. The van der Waals surface area contributed by atoms with Crippen molar-refractivity contribution in [2.45, 2.75) is 50.8 Å². The lowest BCUT2D eigenvalue weighted by Gasteiger charge is -2.30. The third kappa shape index (κ3) is 2.45. The topological polar surface area (TPSA) is 21.3 Å². The van der Waals surface area contributed by atoms with Gasteiger partial charge in [-0.25, -0.2) is 0 Å². The molecule has 18 heavy (non-hydrogen) atoms. The summed E-state index contributed by atoms with van der Waals surface area (Å²) in [4.78, 5) is 0. The second-order valence-electron chi connectivity index (χ2n) is 5.77. The summed E-state index contributed by atoms with van der Waals surface area (Å²) in [6, 6.07) is 11.7. The third-order valence-electron chi connectivity index (χ3n) is 4.46. The summed E-state index contributed by atoms with van der Waals surface area (Å²) in [5.74, 6) is 0.718. The zero-order valence-corrected chi connectivity index (χ0v) is 11.1. The first-order chi connectivity index (χ1) is 8.84. The Hall–Kier alpha value is -0.860. The van der Waals surface area contributed by atoms with Crippen molar-refractivity contribution in [2.24, 2.45) is 5.92 Å². The van der Waals surface area contributed by atoms with Gasteiger partial charge in [-0.2, -0.15) is 0 Å². The fourth-order valence-corrected chi connectivity index (χ4v) is 3.45. The summed E-state index contributed by atoms with van der Waals surface area (Å²) < 4.78 is 6.21. The van der Waals surface area contributed by atoms with E-state index in [9.17, 15) is 0 Å². The van der Waals surface area contributed by atoms with E-state index in [0.29, 0.717) is 12.1 Å². The van der Waals surface area contributed by atoms with Gasteiger partial charge in [0.05, 0.1) is 12.7 Å². The molecule has 2 heteroatoms. The van der Waals surface area contributed by atoms with Crippen molar-refractivity contribution >= 4 is 0 Å². The fourth-order valence-electron chi connectivity index (χ4n) is 3.45. The lowest BCUT2D eigenvalue weighted by atomic mass is 9.85. The van der Waals surface area contributed by atoms with Crippen molar-refractivity contribution in [3.05, 3.63) is 35.9 Å². The minimum Gasteiger partial charge on any atom is -0.372 e. The second-order valence-corrected chi connectivity index (χ2v) is 5.77. The van der Waals surface area contributed by atoms with Crippen molar-refractivity contribution in [1.82, 2.24) is 5.32 Å². The van der Waals surface area contributed by atoms with Gasteiger partial charge in [0.1, 0.15) is 0 Å². The van der Waals surface area contributed by atoms with Crippen molar-refractivity contribution in [3.63, 3.8) is 0 Å². The van der Waals surface area contributed by atoms with Crippen molar-refractivity contribution in [2.75, 3.05) is 6.61 Å². The van der Waals surface area contributed by atoms with Gasteiger partial charge in [0.2, 0.25) is 0 Å². The van der Waals surface area contributed by atoms with Crippen molar-refractivity contribution in [3.8, 4) is 0 Å². The lowest BCUT2D eigenvalue weighted by molar-refractivity contribution is 0.0263. The monoisotopic (exact) mass is 245 g/mol. The first kappa shape index (κ1) is 12.2. The Morgan fingerprint density at radius 3 is 2.72 bits per heavy atom. The standard InChI is InChI=1S/C16H23NO/c1-12-16(13-7-3-2-4-8-13)18-11-14-9-5-6-10-15(14)17-12/h2-4,7-8,12,14-17H,5-6,9-11H2,1H3. The van der Waals surface area contributed by atoms with Gasteiger partial charge < -0.3 is 10.1 Å². The minimum atomic E-state index is 0.205. The highest BCUT2D eigenvalue weighted by atomic mass is 16.5. The molecule has 1 aromatic carbocycles. The van der Waals surface area contributed by atoms with Crippen LogP contribution < -0.4 is 5.32 Å². The first-order valence-corrected chi connectivity index (χ1v) is 7.27. The van der Waals surface area contributed by atoms with Crippen LogP contribution in [0.25, 0.3) is 0 Å². The number of fused-ring (bicyclic) bond motifs is 1. The van der Waals surface area contributed by atoms with Crippen LogP contribution in [0.1, 0.15) is 44.3 Å². The minimum absolute atomic E-state index is 0.205. The normalized spacial score (nSPS) is 36.7. The van der Waals surface area contributed by atoms with Crippen molar-refractivity contribution < 1.29 is 4.74 Å². The molecule has 0 bridgehead atoms. The van der Waals surface area contributed by atoms with Crippen LogP contribution >= 0.6 is 0 Å². The van der Waals surface area contributed by atoms with Crippen LogP contribution in [-0.2, 0) is 4.74 Å². The molecule has 4 atom stereocenters. The number of nitrogens with one attached hydrogen (secondary N) is 1. The molecule has 0 radical (unpaired) electrons. The van der Waals surface area contributed by atoms with Crippen LogP contribution in [0.15, 0.2) is 30.3 Å². The zero-order valence-electron chi connectivity index (χ0n) is 11.1. The van der Waals surface area contributed by atoms with E-state index >= 15 is 0 Å². The number of hydrogen-bond acceptors (Lipinski definition) is 2. The van der Waals surface area contributed by atoms with Crippen LogP contribution in [0, 0.1) is 5.92 Å². The highest BCUT2D eigenvalue weighted by Gasteiger charge is 2.33. The Kier molecular flexibility index (Phi) is 3.67. The molecule has 1 aliphatic heterocycles. The highest BCUT2D eigenvalue weighted by Crippen LogP contribution is 2.32. The maximum Gasteiger partial charge on any atom is 0.0975 e. The SMILES string of the molecule is CC1NC2CCCCC2COC1c1ccccc1. The van der Waals surface area contributed by atoms with E-state index in [2.05, 4.69) is 42.6 Å². The molecule has 0 aromatic heterocycles. The van der Waals surface area contributed by atoms with E-state index in [0.717, 1.165) is 12.5 Å². The Morgan fingerprint density at radius 2 is 1.89 bits per heavy atom. The van der Waals surface area contributed by atoms with Crippen molar-refractivity contribution in [1.29, 1.82) is 0 Å². The molecule has 3 rings (SSSR count). The van der Waals surface area contributed by atoms with Gasteiger partial charge in [0.15, 0.2) is 0 Å². The maximum absolute atomic E-state index is 6.21. The zero-order chi connectivity index (χ0) is 12.4. The average Bonchev–Trinajstić information content (AvgIpc) is 2.58. The molecule has 98 valence electrons. The van der Waals surface area contributed by atoms with E-state index < -0.39 is 0 Å². The molecule has 2 fully saturated rings. The molecule has 1 N–H and O–H groups in total. The van der Waals surface area contributed by atoms with E-state index in [1.807, 2.05) is 0 Å². The molecule has 1 heterocycles. The average molecular weight is 245 g/mol. The Balaban J connectivity index is 1.77. The summed E-state index contributed by atoms with van der Waals surface area (Å²) in [6.45, 7) is 3.18. The summed E-state index contributed by atoms with van der Waals surface area (Å²) in [5, 5.41) is 3.80. The van der Waals surface area contributed by atoms with E-state index in [1.165, 1.54) is 31.2 Å². The van der Waals surface area contributed by atoms with Gasteiger partial charge in [0, 0.05) is 12.1 Å². The van der Waals surface area contributed by atoms with Gasteiger partial charge in [-0.05, 0) is 31.2 Å². The summed E-state index contributed by atoms with van der Waals surface area (Å²) in [7, 11) is 0. The summed E-state index contributed by atoms with van der Waals surface area (Å²) >= 11 is 0. The highest BCUT2D eigenvalue weighted by molar-refractivity contribution is 5.19. The third-order valence-corrected chi connectivity index (χ3v) is 4.46.